The van der Waals surface area contributed by atoms with Crippen LogP contribution in [0.3, 0.4) is 0 Å². The molecule has 0 amide bonds. The van der Waals surface area contributed by atoms with Crippen molar-refractivity contribution in [3.63, 3.8) is 0 Å². The normalized spacial score (nSPS) is 15.5. The Labute approximate surface area is 117 Å². The van der Waals surface area contributed by atoms with E-state index in [4.69, 9.17) is 0 Å². The van der Waals surface area contributed by atoms with Crippen LogP contribution in [-0.2, 0) is 6.54 Å². The predicted molar refractivity (Wildman–Crippen MR) is 79.1 cm³/mol. The molecule has 3 rings (SSSR count). The molecular formula is C15H19FN2S. The van der Waals surface area contributed by atoms with Crippen molar-refractivity contribution >= 4 is 21.4 Å². The number of nitrogens with zero attached hydrogens (tertiary/aromatic N) is 1. The van der Waals surface area contributed by atoms with Crippen molar-refractivity contribution < 1.29 is 4.39 Å². The Bertz CT molecular complexity index is 562. The van der Waals surface area contributed by atoms with Crippen molar-refractivity contribution in [1.82, 2.24) is 10.2 Å². The number of halogens is 1. The molecule has 0 radical (unpaired) electrons. The number of fused-ring (bicyclic) bond motifs is 1. The molecule has 1 N–H and O–H groups in total. The van der Waals surface area contributed by atoms with Gasteiger partial charge in [0.2, 0.25) is 0 Å². The van der Waals surface area contributed by atoms with E-state index in [0.717, 1.165) is 35.8 Å². The highest BCUT2D eigenvalue weighted by atomic mass is 32.1. The number of nitrogens with one attached hydrogen (secondary N) is 1. The number of hydrogen-bond donors (Lipinski definition) is 1. The lowest BCUT2D eigenvalue weighted by atomic mass is 10.2. The molecule has 2 nitrogen and oxygen atoms in total. The van der Waals surface area contributed by atoms with E-state index in [2.05, 4.69) is 23.3 Å². The van der Waals surface area contributed by atoms with Gasteiger partial charge in [0, 0.05) is 35.3 Å². The summed E-state index contributed by atoms with van der Waals surface area (Å²) in [6, 6.07) is 7.96. The van der Waals surface area contributed by atoms with E-state index in [1.165, 1.54) is 23.8 Å². The molecular weight excluding hydrogens is 259 g/mol. The molecule has 4 heteroatoms. The van der Waals surface area contributed by atoms with Crippen LogP contribution >= 0.6 is 11.3 Å². The molecule has 1 saturated carbocycles. The van der Waals surface area contributed by atoms with Gasteiger partial charge < -0.3 is 10.2 Å². The lowest BCUT2D eigenvalue weighted by Crippen LogP contribution is -2.29. The molecule has 2 aromatic rings. The van der Waals surface area contributed by atoms with Crippen LogP contribution in [0.15, 0.2) is 24.3 Å². The van der Waals surface area contributed by atoms with Gasteiger partial charge in [-0.15, -0.1) is 11.3 Å². The minimum Gasteiger partial charge on any atom is -0.313 e. The molecule has 1 aliphatic rings. The fourth-order valence-electron chi connectivity index (χ4n) is 2.23. The molecule has 1 aromatic carbocycles. The highest BCUT2D eigenvalue weighted by Gasteiger charge is 2.19. The molecule has 1 heterocycles. The first kappa shape index (κ1) is 13.0. The summed E-state index contributed by atoms with van der Waals surface area (Å²) in [6.07, 6.45) is 2.68. The number of hydrogen-bond acceptors (Lipinski definition) is 3. The molecule has 0 aliphatic heterocycles. The van der Waals surface area contributed by atoms with Crippen LogP contribution in [-0.4, -0.2) is 31.1 Å². The quantitative estimate of drug-likeness (QED) is 0.873. The van der Waals surface area contributed by atoms with Gasteiger partial charge in [0.15, 0.2) is 0 Å². The Morgan fingerprint density at radius 2 is 2.21 bits per heavy atom. The van der Waals surface area contributed by atoms with Gasteiger partial charge in [0.1, 0.15) is 5.82 Å². The number of likely N-dealkylation sites (N-methyl/N-ethyl adjacent to an activating group) is 1. The zero-order valence-corrected chi connectivity index (χ0v) is 12.0. The lowest BCUT2D eigenvalue weighted by Gasteiger charge is -2.15. The molecule has 1 fully saturated rings. The maximum absolute atomic E-state index is 13.1. The maximum Gasteiger partial charge on any atom is 0.124 e. The Balaban J connectivity index is 1.57. The third kappa shape index (κ3) is 3.53. The standard InChI is InChI=1S/C15H19FN2S/c1-18(7-6-17-13-4-5-13)10-14-8-11-2-3-12(16)9-15(11)19-14/h2-3,8-9,13,17H,4-7,10H2,1H3. The number of rotatable bonds is 6. The summed E-state index contributed by atoms with van der Waals surface area (Å²) in [5.74, 6) is -0.150. The highest BCUT2D eigenvalue weighted by Crippen LogP contribution is 2.27. The molecule has 0 spiro atoms. The van der Waals surface area contributed by atoms with Crippen molar-refractivity contribution in [3.8, 4) is 0 Å². The van der Waals surface area contributed by atoms with Crippen LogP contribution in [0.1, 0.15) is 17.7 Å². The number of thiophene rings is 1. The minimum absolute atomic E-state index is 0.150. The summed E-state index contributed by atoms with van der Waals surface area (Å²) >= 11 is 1.69. The average molecular weight is 278 g/mol. The summed E-state index contributed by atoms with van der Waals surface area (Å²) in [5.41, 5.74) is 0. The van der Waals surface area contributed by atoms with Gasteiger partial charge in [-0.3, -0.25) is 0 Å². The Kier molecular flexibility index (Phi) is 3.82. The molecule has 0 atom stereocenters. The fourth-order valence-corrected chi connectivity index (χ4v) is 3.40. The first-order chi connectivity index (χ1) is 9.20. The van der Waals surface area contributed by atoms with Crippen LogP contribution in [0.5, 0.6) is 0 Å². The molecule has 0 saturated heterocycles. The van der Waals surface area contributed by atoms with Gasteiger partial charge in [-0.05, 0) is 43.5 Å². The summed E-state index contributed by atoms with van der Waals surface area (Å²) in [4.78, 5) is 3.62. The molecule has 19 heavy (non-hydrogen) atoms. The van der Waals surface area contributed by atoms with Gasteiger partial charge in [0.25, 0.3) is 0 Å². The van der Waals surface area contributed by atoms with Gasteiger partial charge in [0.05, 0.1) is 0 Å². The van der Waals surface area contributed by atoms with Crippen LogP contribution in [0.4, 0.5) is 4.39 Å². The van der Waals surface area contributed by atoms with E-state index < -0.39 is 0 Å². The zero-order chi connectivity index (χ0) is 13.2. The fraction of sp³-hybridized carbons (Fsp3) is 0.467. The molecule has 0 unspecified atom stereocenters. The van der Waals surface area contributed by atoms with E-state index in [-0.39, 0.29) is 5.82 Å². The van der Waals surface area contributed by atoms with Gasteiger partial charge >= 0.3 is 0 Å². The molecule has 102 valence electrons. The van der Waals surface area contributed by atoms with E-state index in [9.17, 15) is 4.39 Å². The second-order valence-corrected chi connectivity index (χ2v) is 6.53. The second kappa shape index (κ2) is 5.57. The van der Waals surface area contributed by atoms with Gasteiger partial charge in [-0.1, -0.05) is 6.07 Å². The summed E-state index contributed by atoms with van der Waals surface area (Å²) in [5, 5.41) is 4.66. The van der Waals surface area contributed by atoms with Crippen molar-refractivity contribution in [2.24, 2.45) is 0 Å². The van der Waals surface area contributed by atoms with Crippen molar-refractivity contribution in [1.29, 1.82) is 0 Å². The molecule has 0 bridgehead atoms. The topological polar surface area (TPSA) is 15.3 Å². The molecule has 1 aromatic heterocycles. The summed E-state index contributed by atoms with van der Waals surface area (Å²) in [6.45, 7) is 3.05. The Morgan fingerprint density at radius 1 is 1.37 bits per heavy atom. The lowest BCUT2D eigenvalue weighted by molar-refractivity contribution is 0.327. The van der Waals surface area contributed by atoms with Crippen LogP contribution in [0, 0.1) is 5.82 Å². The Morgan fingerprint density at radius 3 is 3.00 bits per heavy atom. The Hall–Kier alpha value is -0.970. The smallest absolute Gasteiger partial charge is 0.124 e. The monoisotopic (exact) mass is 278 g/mol. The summed E-state index contributed by atoms with van der Waals surface area (Å²) in [7, 11) is 2.14. The van der Waals surface area contributed by atoms with Crippen molar-refractivity contribution in [2.45, 2.75) is 25.4 Å². The van der Waals surface area contributed by atoms with E-state index in [0.29, 0.717) is 0 Å². The summed E-state index contributed by atoms with van der Waals surface area (Å²) < 4.78 is 14.2. The van der Waals surface area contributed by atoms with E-state index >= 15 is 0 Å². The van der Waals surface area contributed by atoms with E-state index in [1.807, 2.05) is 6.07 Å². The molecule has 1 aliphatic carbocycles. The SMILES string of the molecule is CN(CCNC1CC1)Cc1cc2ccc(F)cc2s1. The van der Waals surface area contributed by atoms with Crippen LogP contribution in [0.25, 0.3) is 10.1 Å². The minimum atomic E-state index is -0.150. The third-order valence-corrected chi connectivity index (χ3v) is 4.55. The maximum atomic E-state index is 13.1. The van der Waals surface area contributed by atoms with Crippen molar-refractivity contribution in [3.05, 3.63) is 35.0 Å². The van der Waals surface area contributed by atoms with Crippen LogP contribution < -0.4 is 5.32 Å². The van der Waals surface area contributed by atoms with Crippen molar-refractivity contribution in [2.75, 3.05) is 20.1 Å². The van der Waals surface area contributed by atoms with Gasteiger partial charge in [-0.25, -0.2) is 4.39 Å². The first-order valence-electron chi connectivity index (χ1n) is 6.80. The predicted octanol–water partition coefficient (Wildman–Crippen LogP) is 3.22. The average Bonchev–Trinajstić information content (AvgIpc) is 3.09. The third-order valence-electron chi connectivity index (χ3n) is 3.46. The van der Waals surface area contributed by atoms with E-state index in [1.54, 1.807) is 17.4 Å². The first-order valence-corrected chi connectivity index (χ1v) is 7.62. The highest BCUT2D eigenvalue weighted by molar-refractivity contribution is 7.19. The second-order valence-electron chi connectivity index (χ2n) is 5.36. The van der Waals surface area contributed by atoms with Crippen LogP contribution in [0.2, 0.25) is 0 Å². The number of benzene rings is 1. The zero-order valence-electron chi connectivity index (χ0n) is 11.2. The van der Waals surface area contributed by atoms with Gasteiger partial charge in [-0.2, -0.15) is 0 Å². The largest absolute Gasteiger partial charge is 0.313 e.